The van der Waals surface area contributed by atoms with E-state index in [1.54, 1.807) is 6.07 Å². The number of aromatic nitrogens is 1. The summed E-state index contributed by atoms with van der Waals surface area (Å²) >= 11 is 6.12. The van der Waals surface area contributed by atoms with Crippen LogP contribution in [0.2, 0.25) is 5.15 Å². The van der Waals surface area contributed by atoms with Crippen molar-refractivity contribution in [1.29, 1.82) is 0 Å². The van der Waals surface area contributed by atoms with Crippen molar-refractivity contribution >= 4 is 23.3 Å². The van der Waals surface area contributed by atoms with Gasteiger partial charge in [0.2, 0.25) is 0 Å². The van der Waals surface area contributed by atoms with E-state index < -0.39 is 11.6 Å². The van der Waals surface area contributed by atoms with Crippen LogP contribution in [0.5, 0.6) is 0 Å². The summed E-state index contributed by atoms with van der Waals surface area (Å²) in [5.74, 6) is 0. The summed E-state index contributed by atoms with van der Waals surface area (Å²) in [4.78, 5) is 16.5. The molecule has 1 fully saturated rings. The van der Waals surface area contributed by atoms with Crippen LogP contribution in [-0.4, -0.2) is 24.3 Å². The fourth-order valence-electron chi connectivity index (χ4n) is 2.56. The lowest BCUT2D eigenvalue weighted by Gasteiger charge is -2.42. The van der Waals surface area contributed by atoms with Crippen LogP contribution in [0.4, 0.5) is 4.79 Å². The summed E-state index contributed by atoms with van der Waals surface area (Å²) in [6.07, 6.45) is -0.503. The van der Waals surface area contributed by atoms with Crippen molar-refractivity contribution < 1.29 is 14.3 Å². The van der Waals surface area contributed by atoms with Crippen LogP contribution in [0.25, 0.3) is 5.57 Å². The number of hydrogen-bond donors (Lipinski definition) is 1. The molecular weight excluding hydrogens is 340 g/mol. The van der Waals surface area contributed by atoms with E-state index in [2.05, 4.69) is 16.9 Å². The zero-order valence-corrected chi connectivity index (χ0v) is 14.7. The summed E-state index contributed by atoms with van der Waals surface area (Å²) in [5, 5.41) is 3.26. The monoisotopic (exact) mass is 358 g/mol. The van der Waals surface area contributed by atoms with Crippen molar-refractivity contribution in [1.82, 2.24) is 10.3 Å². The average molecular weight is 359 g/mol. The molecule has 0 spiro atoms. The summed E-state index contributed by atoms with van der Waals surface area (Å²) in [7, 11) is 0. The van der Waals surface area contributed by atoms with Gasteiger partial charge in [0.1, 0.15) is 17.3 Å². The highest BCUT2D eigenvalue weighted by atomic mass is 35.5. The minimum Gasteiger partial charge on any atom is -0.445 e. The molecule has 3 rings (SSSR count). The minimum absolute atomic E-state index is 0.206. The number of benzene rings is 1. The maximum absolute atomic E-state index is 12.2. The van der Waals surface area contributed by atoms with Gasteiger partial charge in [-0.15, -0.1) is 0 Å². The number of rotatable bonds is 5. The molecule has 0 aliphatic carbocycles. The van der Waals surface area contributed by atoms with E-state index in [1.807, 2.05) is 43.3 Å². The predicted octanol–water partition coefficient (Wildman–Crippen LogP) is 3.92. The molecule has 1 amide bonds. The van der Waals surface area contributed by atoms with Crippen molar-refractivity contribution in [3.05, 3.63) is 71.0 Å². The minimum atomic E-state index is -0.662. The van der Waals surface area contributed by atoms with E-state index >= 15 is 0 Å². The van der Waals surface area contributed by atoms with E-state index in [9.17, 15) is 4.79 Å². The molecule has 2 aromatic rings. The van der Waals surface area contributed by atoms with Gasteiger partial charge in [-0.25, -0.2) is 9.78 Å². The van der Waals surface area contributed by atoms with Crippen molar-refractivity contribution in [2.45, 2.75) is 19.1 Å². The Bertz CT molecular complexity index is 789. The van der Waals surface area contributed by atoms with Gasteiger partial charge in [0.25, 0.3) is 0 Å². The first kappa shape index (κ1) is 17.5. The van der Waals surface area contributed by atoms with Gasteiger partial charge in [0.05, 0.1) is 18.9 Å². The lowest BCUT2D eigenvalue weighted by Crippen LogP contribution is -2.59. The number of hydrogen-bond acceptors (Lipinski definition) is 4. The molecule has 0 radical (unpaired) electrons. The van der Waals surface area contributed by atoms with Crippen molar-refractivity contribution in [3.8, 4) is 0 Å². The third-order valence-corrected chi connectivity index (χ3v) is 4.23. The smallest absolute Gasteiger partial charge is 0.408 e. The first-order valence-corrected chi connectivity index (χ1v) is 8.27. The van der Waals surface area contributed by atoms with Crippen molar-refractivity contribution in [2.24, 2.45) is 0 Å². The summed E-state index contributed by atoms with van der Waals surface area (Å²) in [6.45, 7) is 6.66. The Labute approximate surface area is 151 Å². The topological polar surface area (TPSA) is 60.5 Å². The van der Waals surface area contributed by atoms with E-state index in [4.69, 9.17) is 21.1 Å². The Morgan fingerprint density at radius 3 is 2.68 bits per heavy atom. The Morgan fingerprint density at radius 2 is 2.08 bits per heavy atom. The Kier molecular flexibility index (Phi) is 5.06. The molecule has 1 N–H and O–H groups in total. The van der Waals surface area contributed by atoms with Crippen LogP contribution < -0.4 is 5.32 Å². The maximum Gasteiger partial charge on any atom is 0.408 e. The number of ether oxygens (including phenoxy) is 2. The van der Waals surface area contributed by atoms with Gasteiger partial charge >= 0.3 is 6.09 Å². The molecule has 1 aromatic heterocycles. The lowest BCUT2D eigenvalue weighted by molar-refractivity contribution is -0.0763. The molecule has 2 heterocycles. The largest absolute Gasteiger partial charge is 0.445 e. The summed E-state index contributed by atoms with van der Waals surface area (Å²) < 4.78 is 10.7. The fraction of sp³-hybridized carbons (Fsp3) is 0.263. The predicted molar refractivity (Wildman–Crippen MR) is 96.2 cm³/mol. The van der Waals surface area contributed by atoms with Gasteiger partial charge in [-0.3, -0.25) is 0 Å². The molecule has 5 nitrogen and oxygen atoms in total. The van der Waals surface area contributed by atoms with Gasteiger partial charge in [0, 0.05) is 0 Å². The lowest BCUT2D eigenvalue weighted by atomic mass is 9.88. The Hall–Kier alpha value is -2.37. The van der Waals surface area contributed by atoms with Gasteiger partial charge in [-0.05, 0) is 35.8 Å². The number of carbonyl (C=O) groups excluding carboxylic acids is 1. The number of pyridine rings is 1. The molecule has 0 atom stereocenters. The first-order valence-electron chi connectivity index (χ1n) is 7.89. The fourth-order valence-corrected chi connectivity index (χ4v) is 2.77. The molecule has 6 heteroatoms. The van der Waals surface area contributed by atoms with Gasteiger partial charge < -0.3 is 14.8 Å². The molecule has 0 saturated carbocycles. The van der Waals surface area contributed by atoms with Crippen LogP contribution in [0.1, 0.15) is 23.7 Å². The second kappa shape index (κ2) is 7.25. The zero-order valence-electron chi connectivity index (χ0n) is 13.9. The number of halogens is 1. The zero-order chi connectivity index (χ0) is 17.9. The van der Waals surface area contributed by atoms with Gasteiger partial charge in [-0.1, -0.05) is 48.5 Å². The van der Waals surface area contributed by atoms with Crippen LogP contribution >= 0.6 is 11.6 Å². The molecule has 25 heavy (non-hydrogen) atoms. The van der Waals surface area contributed by atoms with E-state index in [0.29, 0.717) is 24.1 Å². The molecule has 1 aliphatic heterocycles. The molecule has 0 unspecified atom stereocenters. The third kappa shape index (κ3) is 4.00. The number of allylic oxidation sites excluding steroid dienone is 1. The van der Waals surface area contributed by atoms with Crippen LogP contribution in [0, 0.1) is 0 Å². The van der Waals surface area contributed by atoms with E-state index in [0.717, 1.165) is 16.7 Å². The standard InChI is InChI=1S/C19H19ClN2O3/c1-13(2)16-8-15(9-17(20)21-16)19(11-24-12-19)22-18(23)25-10-14-6-4-3-5-7-14/h3-9H,1,10-12H2,2H3,(H,22,23). The second-order valence-electron chi connectivity index (χ2n) is 6.11. The van der Waals surface area contributed by atoms with Crippen LogP contribution in [-0.2, 0) is 21.6 Å². The summed E-state index contributed by atoms with van der Waals surface area (Å²) in [5.41, 5.74) is 2.57. The third-order valence-electron chi connectivity index (χ3n) is 4.03. The van der Waals surface area contributed by atoms with Crippen LogP contribution in [0.15, 0.2) is 49.0 Å². The highest BCUT2D eigenvalue weighted by Gasteiger charge is 2.43. The number of alkyl carbamates (subject to hydrolysis) is 1. The Morgan fingerprint density at radius 1 is 1.36 bits per heavy atom. The average Bonchev–Trinajstić information content (AvgIpc) is 2.56. The second-order valence-corrected chi connectivity index (χ2v) is 6.49. The number of nitrogens with one attached hydrogen (secondary N) is 1. The summed E-state index contributed by atoms with van der Waals surface area (Å²) in [6, 6.07) is 13.1. The first-order chi connectivity index (χ1) is 12.0. The number of nitrogens with zero attached hydrogens (tertiary/aromatic N) is 1. The molecule has 1 aromatic carbocycles. The number of amides is 1. The molecule has 130 valence electrons. The van der Waals surface area contributed by atoms with E-state index in [-0.39, 0.29) is 6.61 Å². The molecule has 0 bridgehead atoms. The van der Waals surface area contributed by atoms with E-state index in [1.165, 1.54) is 0 Å². The highest BCUT2D eigenvalue weighted by molar-refractivity contribution is 6.29. The normalized spacial score (nSPS) is 15.1. The number of carbonyl (C=O) groups is 1. The maximum atomic E-state index is 12.2. The molecule has 1 aliphatic rings. The van der Waals surface area contributed by atoms with Crippen LogP contribution in [0.3, 0.4) is 0 Å². The van der Waals surface area contributed by atoms with Gasteiger partial charge in [-0.2, -0.15) is 0 Å². The van der Waals surface area contributed by atoms with Crippen molar-refractivity contribution in [2.75, 3.05) is 13.2 Å². The Balaban J connectivity index is 1.73. The molecule has 1 saturated heterocycles. The quantitative estimate of drug-likeness (QED) is 0.823. The SMILES string of the molecule is C=C(C)c1cc(C2(NC(=O)OCc3ccccc3)COC2)cc(Cl)n1. The van der Waals surface area contributed by atoms with Gasteiger partial charge in [0.15, 0.2) is 0 Å². The van der Waals surface area contributed by atoms with Crippen molar-refractivity contribution in [3.63, 3.8) is 0 Å². The molecular formula is C19H19ClN2O3. The highest BCUT2D eigenvalue weighted by Crippen LogP contribution is 2.32.